The Hall–Kier alpha value is -2.31. The van der Waals surface area contributed by atoms with Crippen LogP contribution in [0.1, 0.15) is 26.3 Å². The largest absolute Gasteiger partial charge is 0.467 e. The first-order chi connectivity index (χ1) is 10.7. The molecule has 0 saturated carbocycles. The number of methoxy groups -OCH3 is 1. The molecule has 0 aliphatic heterocycles. The van der Waals surface area contributed by atoms with Crippen molar-refractivity contribution in [2.75, 3.05) is 14.0 Å². The smallest absolute Gasteiger partial charge is 0.408 e. The lowest BCUT2D eigenvalue weighted by Gasteiger charge is -2.22. The Kier molecular flexibility index (Phi) is 6.81. The number of halogens is 1. The fraction of sp³-hybridized carbons (Fsp3) is 0.500. The van der Waals surface area contributed by atoms with E-state index >= 15 is 0 Å². The lowest BCUT2D eigenvalue weighted by atomic mass is 10.1. The first-order valence-electron chi connectivity index (χ1n) is 7.10. The predicted molar refractivity (Wildman–Crippen MR) is 81.9 cm³/mol. The number of carbonyl (C=O) groups is 2. The van der Waals surface area contributed by atoms with E-state index in [0.29, 0.717) is 5.75 Å². The number of carbonyl (C=O) groups excluding carboxylic acids is 2. The van der Waals surface area contributed by atoms with Gasteiger partial charge in [0.1, 0.15) is 17.4 Å². The molecule has 128 valence electrons. The second-order valence-electron chi connectivity index (χ2n) is 5.82. The van der Waals surface area contributed by atoms with Gasteiger partial charge in [-0.3, -0.25) is 0 Å². The van der Waals surface area contributed by atoms with Gasteiger partial charge in [-0.2, -0.15) is 0 Å². The van der Waals surface area contributed by atoms with Gasteiger partial charge in [0.05, 0.1) is 7.11 Å². The van der Waals surface area contributed by atoms with Crippen LogP contribution in [0.5, 0.6) is 5.75 Å². The second kappa shape index (κ2) is 8.36. The van der Waals surface area contributed by atoms with Crippen molar-refractivity contribution < 1.29 is 28.2 Å². The fourth-order valence-corrected chi connectivity index (χ4v) is 1.81. The van der Waals surface area contributed by atoms with Crippen molar-refractivity contribution in [2.24, 2.45) is 0 Å². The Morgan fingerprint density at radius 1 is 1.22 bits per heavy atom. The maximum absolute atomic E-state index is 12.1. The molecule has 0 spiro atoms. The molecular weight excluding hydrogens is 305 g/mol. The van der Waals surface area contributed by atoms with E-state index < -0.39 is 30.6 Å². The predicted octanol–water partition coefficient (Wildman–Crippen LogP) is 2.60. The van der Waals surface area contributed by atoms with Crippen LogP contribution in [0, 0.1) is 0 Å². The average molecular weight is 327 g/mol. The van der Waals surface area contributed by atoms with Crippen molar-refractivity contribution in [3.63, 3.8) is 0 Å². The summed E-state index contributed by atoms with van der Waals surface area (Å²) in [5.41, 5.74) is 0.0819. The number of ether oxygens (including phenoxy) is 3. The van der Waals surface area contributed by atoms with Crippen molar-refractivity contribution >= 4 is 12.1 Å². The van der Waals surface area contributed by atoms with Gasteiger partial charge in [0.15, 0.2) is 0 Å². The van der Waals surface area contributed by atoms with Crippen molar-refractivity contribution in [3.05, 3.63) is 29.8 Å². The maximum atomic E-state index is 12.1. The molecule has 1 aromatic carbocycles. The van der Waals surface area contributed by atoms with Gasteiger partial charge in [-0.15, -0.1) is 0 Å². The van der Waals surface area contributed by atoms with Crippen molar-refractivity contribution in [2.45, 2.75) is 38.8 Å². The first kappa shape index (κ1) is 18.7. The van der Waals surface area contributed by atoms with E-state index in [9.17, 15) is 14.0 Å². The minimum absolute atomic E-state index is 0.210. The van der Waals surface area contributed by atoms with Gasteiger partial charge in [-0.25, -0.2) is 14.0 Å². The van der Waals surface area contributed by atoms with Crippen LogP contribution >= 0.6 is 0 Å². The van der Waals surface area contributed by atoms with Crippen LogP contribution in [0.15, 0.2) is 24.3 Å². The topological polar surface area (TPSA) is 73.9 Å². The number of nitrogens with one attached hydrogen (secondary N) is 1. The van der Waals surface area contributed by atoms with Crippen molar-refractivity contribution in [3.8, 4) is 5.75 Å². The van der Waals surface area contributed by atoms with Gasteiger partial charge >= 0.3 is 12.1 Å². The number of esters is 1. The average Bonchev–Trinajstić information content (AvgIpc) is 2.46. The highest BCUT2D eigenvalue weighted by Gasteiger charge is 2.25. The SMILES string of the molecule is COC(=O)C(Cc1ccc(OCF)cc1)NC(=O)OC(C)(C)C. The van der Waals surface area contributed by atoms with E-state index in [0.717, 1.165) is 5.56 Å². The number of alkyl carbamates (subject to hydrolysis) is 1. The molecule has 1 atom stereocenters. The number of rotatable bonds is 6. The minimum atomic E-state index is -0.912. The van der Waals surface area contributed by atoms with Crippen LogP contribution in [0.25, 0.3) is 0 Å². The summed E-state index contributed by atoms with van der Waals surface area (Å²) in [5.74, 6) is -0.203. The molecule has 1 aromatic rings. The van der Waals surface area contributed by atoms with Crippen LogP contribution in [0.3, 0.4) is 0 Å². The Bertz CT molecular complexity index is 524. The molecule has 0 heterocycles. The van der Waals surface area contributed by atoms with E-state index in [1.165, 1.54) is 7.11 Å². The maximum Gasteiger partial charge on any atom is 0.408 e. The standard InChI is InChI=1S/C16H22FNO5/c1-16(2,3)23-15(20)18-13(14(19)21-4)9-11-5-7-12(8-6-11)22-10-17/h5-8,13H,9-10H2,1-4H3,(H,18,20). The van der Waals surface area contributed by atoms with E-state index in [1.54, 1.807) is 45.0 Å². The number of benzene rings is 1. The molecule has 1 N–H and O–H groups in total. The molecule has 1 unspecified atom stereocenters. The normalized spacial score (nSPS) is 12.2. The van der Waals surface area contributed by atoms with E-state index in [2.05, 4.69) is 5.32 Å². The molecule has 23 heavy (non-hydrogen) atoms. The second-order valence-corrected chi connectivity index (χ2v) is 5.82. The monoisotopic (exact) mass is 327 g/mol. The van der Waals surface area contributed by atoms with Crippen LogP contribution in [0.2, 0.25) is 0 Å². The third-order valence-corrected chi connectivity index (χ3v) is 2.76. The molecule has 7 heteroatoms. The third kappa shape index (κ3) is 6.99. The van der Waals surface area contributed by atoms with Crippen LogP contribution in [-0.4, -0.2) is 37.7 Å². The van der Waals surface area contributed by atoms with Crippen LogP contribution in [0.4, 0.5) is 9.18 Å². The number of amides is 1. The van der Waals surface area contributed by atoms with Gasteiger partial charge in [-0.05, 0) is 38.5 Å². The molecule has 0 saturated heterocycles. The number of hydrogen-bond donors (Lipinski definition) is 1. The quantitative estimate of drug-likeness (QED) is 0.813. The molecule has 0 fully saturated rings. The summed E-state index contributed by atoms with van der Waals surface area (Å²) in [6, 6.07) is 5.63. The summed E-state index contributed by atoms with van der Waals surface area (Å²) in [6.07, 6.45) is -0.493. The summed E-state index contributed by atoms with van der Waals surface area (Å²) in [7, 11) is 1.24. The molecule has 0 radical (unpaired) electrons. The fourth-order valence-electron chi connectivity index (χ4n) is 1.81. The van der Waals surface area contributed by atoms with Crippen molar-refractivity contribution in [1.29, 1.82) is 0 Å². The van der Waals surface area contributed by atoms with Gasteiger partial charge < -0.3 is 19.5 Å². The molecule has 1 rings (SSSR count). The zero-order valence-corrected chi connectivity index (χ0v) is 13.7. The molecule has 1 amide bonds. The Labute approximate surface area is 134 Å². The molecule has 0 aliphatic rings. The summed E-state index contributed by atoms with van der Waals surface area (Å²) < 4.78 is 26.6. The minimum Gasteiger partial charge on any atom is -0.467 e. The van der Waals surface area contributed by atoms with Crippen LogP contribution in [-0.2, 0) is 20.7 Å². The van der Waals surface area contributed by atoms with Crippen LogP contribution < -0.4 is 10.1 Å². The Morgan fingerprint density at radius 2 is 1.83 bits per heavy atom. The highest BCUT2D eigenvalue weighted by Crippen LogP contribution is 2.14. The third-order valence-electron chi connectivity index (χ3n) is 2.76. The van der Waals surface area contributed by atoms with Gasteiger partial charge in [0, 0.05) is 6.42 Å². The van der Waals surface area contributed by atoms with Crippen molar-refractivity contribution in [1.82, 2.24) is 5.32 Å². The Balaban J connectivity index is 2.74. The zero-order chi connectivity index (χ0) is 17.5. The van der Waals surface area contributed by atoms with E-state index in [4.69, 9.17) is 14.2 Å². The van der Waals surface area contributed by atoms with Gasteiger partial charge in [0.25, 0.3) is 0 Å². The lowest BCUT2D eigenvalue weighted by Crippen LogP contribution is -2.45. The lowest BCUT2D eigenvalue weighted by molar-refractivity contribution is -0.143. The molecule has 0 aromatic heterocycles. The molecular formula is C16H22FNO5. The summed E-state index contributed by atoms with van der Waals surface area (Å²) in [6.45, 7) is 4.26. The molecule has 0 aliphatic carbocycles. The number of hydrogen-bond acceptors (Lipinski definition) is 5. The molecule has 0 bridgehead atoms. The summed E-state index contributed by atoms with van der Waals surface area (Å²) >= 11 is 0. The van der Waals surface area contributed by atoms with Gasteiger partial charge in [0.2, 0.25) is 6.86 Å². The first-order valence-corrected chi connectivity index (χ1v) is 7.10. The molecule has 6 nitrogen and oxygen atoms in total. The highest BCUT2D eigenvalue weighted by atomic mass is 19.1. The number of alkyl halides is 1. The highest BCUT2D eigenvalue weighted by molar-refractivity contribution is 5.81. The summed E-state index contributed by atoms with van der Waals surface area (Å²) in [4.78, 5) is 23.6. The zero-order valence-electron chi connectivity index (χ0n) is 13.7. The van der Waals surface area contributed by atoms with Gasteiger partial charge in [-0.1, -0.05) is 12.1 Å². The van der Waals surface area contributed by atoms with E-state index in [-0.39, 0.29) is 6.42 Å². The Morgan fingerprint density at radius 3 is 2.30 bits per heavy atom. The van der Waals surface area contributed by atoms with E-state index in [1.807, 2.05) is 0 Å². The summed E-state index contributed by atoms with van der Waals surface area (Å²) in [5, 5.41) is 2.49.